The molecule has 0 aliphatic carbocycles. The molecule has 0 bridgehead atoms. The van der Waals surface area contributed by atoms with Crippen LogP contribution in [0.1, 0.15) is 47.8 Å². The van der Waals surface area contributed by atoms with Crippen molar-refractivity contribution < 1.29 is 29.7 Å². The van der Waals surface area contributed by atoms with Gasteiger partial charge in [0.25, 0.3) is 0 Å². The van der Waals surface area contributed by atoms with E-state index in [1.165, 1.54) is 0 Å². The van der Waals surface area contributed by atoms with Crippen LogP contribution in [0.4, 0.5) is 0 Å². The molecule has 122 valence electrons. The number of hydrogen-bond acceptors (Lipinski definition) is 3. The molecule has 0 saturated carbocycles. The van der Waals surface area contributed by atoms with E-state index in [2.05, 4.69) is 6.58 Å². The third kappa shape index (κ3) is 3.33. The molecule has 0 fully saturated rings. The average Bonchev–Trinajstić information content (AvgIpc) is 2.54. The van der Waals surface area contributed by atoms with Gasteiger partial charge < -0.3 is 15.3 Å². The van der Waals surface area contributed by atoms with Gasteiger partial charge in [0.15, 0.2) is 0 Å². The van der Waals surface area contributed by atoms with E-state index in [-0.39, 0.29) is 17.5 Å². The van der Waals surface area contributed by atoms with Gasteiger partial charge in [-0.15, -0.1) is 0 Å². The second-order valence-corrected chi connectivity index (χ2v) is 5.05. The van der Waals surface area contributed by atoms with Crippen LogP contribution in [0.25, 0.3) is 6.08 Å². The molecular formula is C18H14O6. The van der Waals surface area contributed by atoms with E-state index in [0.717, 1.165) is 17.7 Å². The Kier molecular flexibility index (Phi) is 4.79. The Balaban J connectivity index is 2.65. The number of aromatic carboxylic acids is 3. The number of carboxylic acids is 3. The molecule has 2 rings (SSSR count). The molecule has 0 atom stereocenters. The smallest absolute Gasteiger partial charge is 0.336 e. The van der Waals surface area contributed by atoms with Crippen molar-refractivity contribution in [3.05, 3.63) is 76.4 Å². The molecule has 0 heterocycles. The summed E-state index contributed by atoms with van der Waals surface area (Å²) in [5.74, 6) is -4.21. The fourth-order valence-electron chi connectivity index (χ4n) is 2.43. The Labute approximate surface area is 137 Å². The molecule has 6 heteroatoms. The molecule has 3 N–H and O–H groups in total. The summed E-state index contributed by atoms with van der Waals surface area (Å²) in [6.07, 6.45) is 1.63. The minimum atomic E-state index is -1.48. The van der Waals surface area contributed by atoms with E-state index in [1.807, 2.05) is 0 Å². The first-order valence-corrected chi connectivity index (χ1v) is 6.92. The zero-order valence-electron chi connectivity index (χ0n) is 12.5. The Morgan fingerprint density at radius 3 is 1.83 bits per heavy atom. The highest BCUT2D eigenvalue weighted by Crippen LogP contribution is 2.24. The zero-order valence-corrected chi connectivity index (χ0v) is 12.5. The van der Waals surface area contributed by atoms with Gasteiger partial charge in [0, 0.05) is 0 Å². The van der Waals surface area contributed by atoms with E-state index in [9.17, 15) is 29.7 Å². The van der Waals surface area contributed by atoms with Gasteiger partial charge in [-0.05, 0) is 35.2 Å². The molecule has 0 unspecified atom stereocenters. The summed E-state index contributed by atoms with van der Waals surface area (Å²) in [6.45, 7) is 3.63. The van der Waals surface area contributed by atoms with E-state index in [4.69, 9.17) is 0 Å². The molecule has 6 nitrogen and oxygen atoms in total. The number of carbonyl (C=O) groups is 3. The van der Waals surface area contributed by atoms with Crippen LogP contribution in [0.5, 0.6) is 0 Å². The van der Waals surface area contributed by atoms with E-state index < -0.39 is 29.0 Å². The van der Waals surface area contributed by atoms with Crippen LogP contribution in [-0.2, 0) is 6.42 Å². The van der Waals surface area contributed by atoms with Crippen molar-refractivity contribution in [2.75, 3.05) is 0 Å². The van der Waals surface area contributed by atoms with E-state index >= 15 is 0 Å². The summed E-state index contributed by atoms with van der Waals surface area (Å²) in [7, 11) is 0. The lowest BCUT2D eigenvalue weighted by molar-refractivity contribution is 0.0648. The second kappa shape index (κ2) is 6.78. The normalized spacial score (nSPS) is 10.2. The third-order valence-corrected chi connectivity index (χ3v) is 3.58. The van der Waals surface area contributed by atoms with Crippen molar-refractivity contribution in [2.24, 2.45) is 0 Å². The second-order valence-electron chi connectivity index (χ2n) is 5.05. The van der Waals surface area contributed by atoms with Crippen LogP contribution in [0.2, 0.25) is 0 Å². The van der Waals surface area contributed by atoms with Gasteiger partial charge in [0.2, 0.25) is 0 Å². The number of hydrogen-bond donors (Lipinski definition) is 3. The van der Waals surface area contributed by atoms with Crippen LogP contribution in [0.3, 0.4) is 0 Å². The lowest BCUT2D eigenvalue weighted by atomic mass is 9.91. The highest BCUT2D eigenvalue weighted by atomic mass is 16.4. The zero-order chi connectivity index (χ0) is 17.9. The van der Waals surface area contributed by atoms with Crippen molar-refractivity contribution in [1.29, 1.82) is 0 Å². The van der Waals surface area contributed by atoms with Crippen LogP contribution in [0, 0.1) is 0 Å². The highest BCUT2D eigenvalue weighted by molar-refractivity contribution is 6.05. The molecule has 0 saturated heterocycles. The van der Waals surface area contributed by atoms with Gasteiger partial charge in [-0.25, -0.2) is 14.4 Å². The molecule has 0 aromatic heterocycles. The minimum Gasteiger partial charge on any atom is -0.478 e. The quantitative estimate of drug-likeness (QED) is 0.752. The SMILES string of the molecule is C=Cc1ccc(Cc2c(C(=O)O)ccc(C(=O)O)c2C(=O)O)cc1. The summed E-state index contributed by atoms with van der Waals surface area (Å²) >= 11 is 0. The largest absolute Gasteiger partial charge is 0.478 e. The molecule has 0 spiro atoms. The summed E-state index contributed by atoms with van der Waals surface area (Å²) in [6, 6.07) is 9.04. The molecule has 0 aliphatic rings. The maximum atomic E-state index is 11.5. The highest BCUT2D eigenvalue weighted by Gasteiger charge is 2.25. The first-order chi connectivity index (χ1) is 11.3. The molecule has 24 heavy (non-hydrogen) atoms. The van der Waals surface area contributed by atoms with Crippen molar-refractivity contribution in [3.63, 3.8) is 0 Å². The van der Waals surface area contributed by atoms with Gasteiger partial charge in [0.1, 0.15) is 0 Å². The first kappa shape index (κ1) is 17.0. The van der Waals surface area contributed by atoms with Crippen molar-refractivity contribution in [1.82, 2.24) is 0 Å². The van der Waals surface area contributed by atoms with Crippen LogP contribution in [0.15, 0.2) is 43.0 Å². The lowest BCUT2D eigenvalue weighted by Gasteiger charge is -2.13. The van der Waals surface area contributed by atoms with Crippen LogP contribution < -0.4 is 0 Å². The predicted molar refractivity (Wildman–Crippen MR) is 86.7 cm³/mol. The summed E-state index contributed by atoms with van der Waals surface area (Å²) in [5.41, 5.74) is 0.301. The molecule has 2 aromatic carbocycles. The van der Waals surface area contributed by atoms with Crippen molar-refractivity contribution >= 4 is 24.0 Å². The van der Waals surface area contributed by atoms with E-state index in [1.54, 1.807) is 30.3 Å². The van der Waals surface area contributed by atoms with Crippen molar-refractivity contribution in [3.8, 4) is 0 Å². The fraction of sp³-hybridized carbons (Fsp3) is 0.0556. The van der Waals surface area contributed by atoms with Gasteiger partial charge >= 0.3 is 17.9 Å². The number of carboxylic acid groups (broad SMARTS) is 3. The lowest BCUT2D eigenvalue weighted by Crippen LogP contribution is -2.16. The van der Waals surface area contributed by atoms with Gasteiger partial charge in [-0.1, -0.05) is 36.9 Å². The maximum Gasteiger partial charge on any atom is 0.336 e. The molecular weight excluding hydrogens is 312 g/mol. The average molecular weight is 326 g/mol. The maximum absolute atomic E-state index is 11.5. The number of benzene rings is 2. The summed E-state index contributed by atoms with van der Waals surface area (Å²) in [5, 5.41) is 27.9. The molecule has 2 aromatic rings. The molecule has 0 amide bonds. The minimum absolute atomic E-state index is 0.0121. The topological polar surface area (TPSA) is 112 Å². The van der Waals surface area contributed by atoms with Crippen LogP contribution in [-0.4, -0.2) is 33.2 Å². The van der Waals surface area contributed by atoms with Crippen molar-refractivity contribution in [2.45, 2.75) is 6.42 Å². The van der Waals surface area contributed by atoms with Gasteiger partial charge in [-0.2, -0.15) is 0 Å². The van der Waals surface area contributed by atoms with Gasteiger partial charge in [-0.3, -0.25) is 0 Å². The Hall–Kier alpha value is -3.41. The monoisotopic (exact) mass is 326 g/mol. The summed E-state index contributed by atoms with van der Waals surface area (Å²) in [4.78, 5) is 34.2. The molecule has 0 radical (unpaired) electrons. The van der Waals surface area contributed by atoms with Crippen LogP contribution >= 0.6 is 0 Å². The third-order valence-electron chi connectivity index (χ3n) is 3.58. The molecule has 0 aliphatic heterocycles. The van der Waals surface area contributed by atoms with Gasteiger partial charge in [0.05, 0.1) is 16.7 Å². The first-order valence-electron chi connectivity index (χ1n) is 6.92. The van der Waals surface area contributed by atoms with E-state index in [0.29, 0.717) is 5.56 Å². The number of rotatable bonds is 6. The summed E-state index contributed by atoms with van der Waals surface area (Å²) < 4.78 is 0. The Morgan fingerprint density at radius 2 is 1.38 bits per heavy atom. The standard InChI is InChI=1S/C18H14O6/c1-2-10-3-5-11(6-4-10)9-14-12(16(19)20)7-8-13(17(21)22)15(14)18(23)24/h2-8H,1,9H2,(H,19,20)(H,21,22)(H,23,24). The Morgan fingerprint density at radius 1 is 0.833 bits per heavy atom. The Bertz CT molecular complexity index is 833. The fourth-order valence-corrected chi connectivity index (χ4v) is 2.43. The predicted octanol–water partition coefficient (Wildman–Crippen LogP) is 3.02.